The van der Waals surface area contributed by atoms with E-state index >= 15 is 0 Å². The third-order valence-corrected chi connectivity index (χ3v) is 3.85. The lowest BCUT2D eigenvalue weighted by Crippen LogP contribution is -2.34. The fraction of sp³-hybridized carbons (Fsp3) is 0.900. The number of hydrogen-bond acceptors (Lipinski definition) is 5. The van der Waals surface area contributed by atoms with Crippen LogP contribution in [0.1, 0.15) is 26.2 Å². The summed E-state index contributed by atoms with van der Waals surface area (Å²) in [6.45, 7) is 3.20. The van der Waals surface area contributed by atoms with Gasteiger partial charge in [0.2, 0.25) is 10.0 Å². The molecule has 0 saturated carbocycles. The van der Waals surface area contributed by atoms with Crippen LogP contribution in [0, 0.1) is 0 Å². The van der Waals surface area contributed by atoms with Gasteiger partial charge in [-0.1, -0.05) is 0 Å². The van der Waals surface area contributed by atoms with Gasteiger partial charge in [0, 0.05) is 12.6 Å². The summed E-state index contributed by atoms with van der Waals surface area (Å²) in [5.74, 6) is -1.31. The van der Waals surface area contributed by atoms with Gasteiger partial charge in [0.25, 0.3) is 0 Å². The first kappa shape index (κ1) is 14.4. The lowest BCUT2D eigenvalue weighted by Gasteiger charge is -2.10. The maximum absolute atomic E-state index is 11.5. The average molecular weight is 264 g/mol. The predicted octanol–water partition coefficient (Wildman–Crippen LogP) is -0.389. The molecule has 2 N–H and O–H groups in total. The Kier molecular flexibility index (Phi) is 5.87. The van der Waals surface area contributed by atoms with Gasteiger partial charge in [-0.2, -0.15) is 0 Å². The van der Waals surface area contributed by atoms with E-state index in [0.29, 0.717) is 12.6 Å². The zero-order chi connectivity index (χ0) is 12.7. The third kappa shape index (κ3) is 5.99. The maximum Gasteiger partial charge on any atom is 0.322 e. The molecule has 1 atom stereocenters. The van der Waals surface area contributed by atoms with E-state index in [1.165, 1.54) is 0 Å². The van der Waals surface area contributed by atoms with Crippen molar-refractivity contribution in [2.75, 3.05) is 25.4 Å². The lowest BCUT2D eigenvalue weighted by molar-refractivity contribution is -0.139. The molecule has 0 radical (unpaired) electrons. The molecule has 1 heterocycles. The van der Waals surface area contributed by atoms with Crippen LogP contribution in [-0.2, 0) is 19.6 Å². The molecule has 1 aliphatic heterocycles. The SMILES string of the molecule is CCOC(=O)CS(=O)(=O)NCC[C@@H]1CCCN1. The summed E-state index contributed by atoms with van der Waals surface area (Å²) in [4.78, 5) is 11.0. The first-order valence-electron chi connectivity index (χ1n) is 5.90. The Balaban J connectivity index is 2.21. The third-order valence-electron chi connectivity index (χ3n) is 2.59. The second-order valence-electron chi connectivity index (χ2n) is 4.04. The van der Waals surface area contributed by atoms with Crippen molar-refractivity contribution in [1.29, 1.82) is 0 Å². The second kappa shape index (κ2) is 6.93. The van der Waals surface area contributed by atoms with Crippen molar-refractivity contribution in [3.05, 3.63) is 0 Å². The van der Waals surface area contributed by atoms with E-state index in [2.05, 4.69) is 14.8 Å². The van der Waals surface area contributed by atoms with Gasteiger partial charge in [0.15, 0.2) is 5.75 Å². The Morgan fingerprint density at radius 1 is 1.53 bits per heavy atom. The van der Waals surface area contributed by atoms with Gasteiger partial charge in [0.1, 0.15) is 0 Å². The molecule has 17 heavy (non-hydrogen) atoms. The average Bonchev–Trinajstić information content (AvgIpc) is 2.69. The highest BCUT2D eigenvalue weighted by molar-refractivity contribution is 7.90. The fourth-order valence-corrected chi connectivity index (χ4v) is 2.73. The molecule has 0 unspecified atom stereocenters. The minimum Gasteiger partial charge on any atom is -0.465 e. The number of hydrogen-bond donors (Lipinski definition) is 2. The van der Waals surface area contributed by atoms with Gasteiger partial charge in [-0.15, -0.1) is 0 Å². The van der Waals surface area contributed by atoms with Crippen LogP contribution < -0.4 is 10.0 Å². The first-order chi connectivity index (χ1) is 8.03. The van der Waals surface area contributed by atoms with Crippen molar-refractivity contribution in [1.82, 2.24) is 10.0 Å². The molecular formula is C10H20N2O4S. The molecule has 7 heteroatoms. The zero-order valence-electron chi connectivity index (χ0n) is 10.1. The summed E-state index contributed by atoms with van der Waals surface area (Å²) in [5.41, 5.74) is 0. The standard InChI is InChI=1S/C10H20N2O4S/c1-2-16-10(13)8-17(14,15)12-7-5-9-4-3-6-11-9/h9,11-12H,2-8H2,1H3/t9-/m0/s1. The van der Waals surface area contributed by atoms with Crippen LogP contribution in [0.4, 0.5) is 0 Å². The Morgan fingerprint density at radius 3 is 2.88 bits per heavy atom. The van der Waals surface area contributed by atoms with Crippen molar-refractivity contribution in [3.8, 4) is 0 Å². The van der Waals surface area contributed by atoms with E-state index in [-0.39, 0.29) is 6.61 Å². The van der Waals surface area contributed by atoms with E-state index in [4.69, 9.17) is 0 Å². The smallest absolute Gasteiger partial charge is 0.322 e. The zero-order valence-corrected chi connectivity index (χ0v) is 10.9. The molecule has 0 aliphatic carbocycles. The number of sulfonamides is 1. The van der Waals surface area contributed by atoms with Crippen LogP contribution in [0.5, 0.6) is 0 Å². The molecule has 0 bridgehead atoms. The Hall–Kier alpha value is -0.660. The largest absolute Gasteiger partial charge is 0.465 e. The number of carbonyl (C=O) groups excluding carboxylic acids is 1. The van der Waals surface area contributed by atoms with Gasteiger partial charge < -0.3 is 10.1 Å². The molecule has 1 fully saturated rings. The number of ether oxygens (including phenoxy) is 1. The highest BCUT2D eigenvalue weighted by atomic mass is 32.2. The van der Waals surface area contributed by atoms with Crippen molar-refractivity contribution in [2.45, 2.75) is 32.2 Å². The molecule has 100 valence electrons. The van der Waals surface area contributed by atoms with Crippen LogP contribution in [-0.4, -0.2) is 45.9 Å². The van der Waals surface area contributed by atoms with E-state index in [9.17, 15) is 13.2 Å². The van der Waals surface area contributed by atoms with Crippen molar-refractivity contribution >= 4 is 16.0 Å². The molecule has 0 aromatic heterocycles. The van der Waals surface area contributed by atoms with Gasteiger partial charge >= 0.3 is 5.97 Å². The first-order valence-corrected chi connectivity index (χ1v) is 7.55. The Labute approximate surface area is 102 Å². The lowest BCUT2D eigenvalue weighted by atomic mass is 10.2. The Bertz CT molecular complexity index is 336. The number of rotatable bonds is 7. The van der Waals surface area contributed by atoms with Gasteiger partial charge in [-0.05, 0) is 32.7 Å². The second-order valence-corrected chi connectivity index (χ2v) is 5.85. The highest BCUT2D eigenvalue weighted by Gasteiger charge is 2.18. The van der Waals surface area contributed by atoms with E-state index in [1.807, 2.05) is 0 Å². The monoisotopic (exact) mass is 264 g/mol. The molecule has 0 amide bonds. The van der Waals surface area contributed by atoms with Crippen LogP contribution in [0.15, 0.2) is 0 Å². The predicted molar refractivity (Wildman–Crippen MR) is 64.1 cm³/mol. The number of nitrogens with one attached hydrogen (secondary N) is 2. The van der Waals surface area contributed by atoms with Crippen LogP contribution in [0.25, 0.3) is 0 Å². The molecule has 1 saturated heterocycles. The molecule has 6 nitrogen and oxygen atoms in total. The summed E-state index contributed by atoms with van der Waals surface area (Å²) in [6.07, 6.45) is 2.97. The van der Waals surface area contributed by atoms with Gasteiger partial charge in [-0.3, -0.25) is 4.79 Å². The fourth-order valence-electron chi connectivity index (χ4n) is 1.80. The van der Waals surface area contributed by atoms with E-state index in [1.54, 1.807) is 6.92 Å². The minimum absolute atomic E-state index is 0.195. The molecule has 1 aliphatic rings. The van der Waals surface area contributed by atoms with Crippen molar-refractivity contribution in [2.24, 2.45) is 0 Å². The van der Waals surface area contributed by atoms with Crippen molar-refractivity contribution in [3.63, 3.8) is 0 Å². The topological polar surface area (TPSA) is 84.5 Å². The van der Waals surface area contributed by atoms with E-state index in [0.717, 1.165) is 25.8 Å². The Morgan fingerprint density at radius 2 is 2.29 bits per heavy atom. The number of carbonyl (C=O) groups is 1. The van der Waals surface area contributed by atoms with Crippen LogP contribution >= 0.6 is 0 Å². The molecule has 0 aromatic carbocycles. The van der Waals surface area contributed by atoms with Crippen LogP contribution in [0.3, 0.4) is 0 Å². The summed E-state index contributed by atoms with van der Waals surface area (Å²) in [5, 5.41) is 3.28. The number of esters is 1. The highest BCUT2D eigenvalue weighted by Crippen LogP contribution is 2.07. The minimum atomic E-state index is -3.55. The summed E-state index contributed by atoms with van der Waals surface area (Å²) < 4.78 is 29.9. The normalized spacial score (nSPS) is 20.4. The summed E-state index contributed by atoms with van der Waals surface area (Å²) >= 11 is 0. The summed E-state index contributed by atoms with van der Waals surface area (Å²) in [7, 11) is -3.55. The van der Waals surface area contributed by atoms with Gasteiger partial charge in [0.05, 0.1) is 6.61 Å². The maximum atomic E-state index is 11.5. The molecule has 1 rings (SSSR count). The van der Waals surface area contributed by atoms with E-state index < -0.39 is 21.7 Å². The van der Waals surface area contributed by atoms with Gasteiger partial charge in [-0.25, -0.2) is 13.1 Å². The van der Waals surface area contributed by atoms with Crippen molar-refractivity contribution < 1.29 is 17.9 Å². The summed E-state index contributed by atoms with van der Waals surface area (Å²) in [6, 6.07) is 0.389. The quantitative estimate of drug-likeness (QED) is 0.612. The molecule has 0 spiro atoms. The van der Waals surface area contributed by atoms with Crippen LogP contribution in [0.2, 0.25) is 0 Å². The molecular weight excluding hydrogens is 244 g/mol. The molecule has 0 aromatic rings.